The van der Waals surface area contributed by atoms with Gasteiger partial charge in [0.2, 0.25) is 0 Å². The molecule has 48 valence electrons. The lowest BCUT2D eigenvalue weighted by molar-refractivity contribution is 1.60. The summed E-state index contributed by atoms with van der Waals surface area (Å²) in [5, 5.41) is 0. The number of nitrogens with two attached hydrogens (primary N) is 1. The Morgan fingerprint density at radius 1 is 1.22 bits per heavy atom. The van der Waals surface area contributed by atoms with E-state index in [9.17, 15) is 0 Å². The van der Waals surface area contributed by atoms with E-state index in [0.717, 1.165) is 0 Å². The third-order valence-corrected chi connectivity index (χ3v) is 0.611. The maximum atomic E-state index is 5.05. The van der Waals surface area contributed by atoms with Crippen LogP contribution in [0.3, 0.4) is 0 Å². The molecule has 9 heavy (non-hydrogen) atoms. The Morgan fingerprint density at radius 3 is 2.56 bits per heavy atom. The lowest BCUT2D eigenvalue weighted by Crippen LogP contribution is -1.72. The molecule has 0 saturated heterocycles. The van der Waals surface area contributed by atoms with E-state index in [4.69, 9.17) is 5.73 Å². The molecule has 0 aromatic heterocycles. The molecule has 0 atom stereocenters. The van der Waals surface area contributed by atoms with Gasteiger partial charge in [0, 0.05) is 12.4 Å². The van der Waals surface area contributed by atoms with Crippen LogP contribution in [0, 0.1) is 0 Å². The molecule has 0 rings (SSSR count). The third-order valence-electron chi connectivity index (χ3n) is 0.611. The quantitative estimate of drug-likeness (QED) is 0.443. The van der Waals surface area contributed by atoms with Crippen molar-refractivity contribution in [1.82, 2.24) is 0 Å². The van der Waals surface area contributed by atoms with E-state index in [2.05, 4.69) is 11.6 Å². The Hall–Kier alpha value is -1.31. The summed E-state index contributed by atoms with van der Waals surface area (Å²) in [6.45, 7) is 3.40. The molecule has 0 spiro atoms. The standard InChI is InChI=1S/C7H10N2/c1-2-9-7-5-3-4-6-8/h2-7H,1,8H2/b5-3-,6-4+,9-7?. The molecule has 0 aliphatic carbocycles. The van der Waals surface area contributed by atoms with Gasteiger partial charge >= 0.3 is 0 Å². The highest BCUT2D eigenvalue weighted by molar-refractivity contribution is 5.71. The normalized spacial score (nSPS) is 12.0. The second kappa shape index (κ2) is 6.69. The van der Waals surface area contributed by atoms with Gasteiger partial charge in [-0.1, -0.05) is 12.7 Å². The number of hydrogen-bond donors (Lipinski definition) is 1. The van der Waals surface area contributed by atoms with Crippen LogP contribution in [0.25, 0.3) is 0 Å². The summed E-state index contributed by atoms with van der Waals surface area (Å²) in [5.41, 5.74) is 5.05. The van der Waals surface area contributed by atoms with Gasteiger partial charge in [0.25, 0.3) is 0 Å². The van der Waals surface area contributed by atoms with Gasteiger partial charge in [-0.25, -0.2) is 0 Å². The molecule has 0 amide bonds. The van der Waals surface area contributed by atoms with Crippen LogP contribution < -0.4 is 5.73 Å². The van der Waals surface area contributed by atoms with Crippen LogP contribution in [0.2, 0.25) is 0 Å². The second-order valence-corrected chi connectivity index (χ2v) is 1.25. The maximum absolute atomic E-state index is 5.05. The molecule has 0 radical (unpaired) electrons. The first-order valence-electron chi connectivity index (χ1n) is 2.59. The highest BCUT2D eigenvalue weighted by atomic mass is 14.6. The summed E-state index contributed by atoms with van der Waals surface area (Å²) in [7, 11) is 0. The van der Waals surface area contributed by atoms with Crippen molar-refractivity contribution in [2.45, 2.75) is 0 Å². The highest BCUT2D eigenvalue weighted by Gasteiger charge is 1.57. The summed E-state index contributed by atoms with van der Waals surface area (Å²) >= 11 is 0. The zero-order valence-electron chi connectivity index (χ0n) is 5.20. The number of aliphatic imine (C=N–C) groups is 1. The minimum atomic E-state index is 1.46. The summed E-state index contributed by atoms with van der Waals surface area (Å²) in [4.78, 5) is 3.72. The van der Waals surface area contributed by atoms with Crippen molar-refractivity contribution in [1.29, 1.82) is 0 Å². The van der Waals surface area contributed by atoms with Crippen LogP contribution in [0.15, 0.2) is 42.2 Å². The molecular weight excluding hydrogens is 112 g/mol. The molecule has 0 saturated carbocycles. The first-order chi connectivity index (χ1) is 4.41. The van der Waals surface area contributed by atoms with Crippen molar-refractivity contribution >= 4 is 6.21 Å². The predicted octanol–water partition coefficient (Wildman–Crippen LogP) is 1.23. The lowest BCUT2D eigenvalue weighted by Gasteiger charge is -1.70. The topological polar surface area (TPSA) is 38.4 Å². The number of hydrogen-bond acceptors (Lipinski definition) is 2. The first-order valence-corrected chi connectivity index (χ1v) is 2.59. The van der Waals surface area contributed by atoms with Gasteiger partial charge in [-0.2, -0.15) is 0 Å². The Kier molecular flexibility index (Phi) is 5.72. The van der Waals surface area contributed by atoms with Crippen molar-refractivity contribution in [3.05, 3.63) is 37.2 Å². The molecule has 2 nitrogen and oxygen atoms in total. The largest absolute Gasteiger partial charge is 0.405 e. The van der Waals surface area contributed by atoms with Crippen LogP contribution in [0.5, 0.6) is 0 Å². The summed E-state index contributed by atoms with van der Waals surface area (Å²) in [6, 6.07) is 0. The maximum Gasteiger partial charge on any atom is 0.0267 e. The molecule has 0 aromatic rings. The molecule has 0 bridgehead atoms. The molecule has 0 aliphatic heterocycles. The van der Waals surface area contributed by atoms with E-state index in [1.807, 2.05) is 0 Å². The van der Waals surface area contributed by atoms with Crippen molar-refractivity contribution in [3.63, 3.8) is 0 Å². The fourth-order valence-corrected chi connectivity index (χ4v) is 0.289. The van der Waals surface area contributed by atoms with Gasteiger partial charge in [-0.15, -0.1) is 0 Å². The van der Waals surface area contributed by atoms with Crippen molar-refractivity contribution in [2.24, 2.45) is 10.7 Å². The van der Waals surface area contributed by atoms with Gasteiger partial charge in [0.15, 0.2) is 0 Å². The number of rotatable bonds is 3. The lowest BCUT2D eigenvalue weighted by atomic mass is 10.5. The van der Waals surface area contributed by atoms with E-state index < -0.39 is 0 Å². The van der Waals surface area contributed by atoms with E-state index in [-0.39, 0.29) is 0 Å². The van der Waals surface area contributed by atoms with Crippen molar-refractivity contribution in [3.8, 4) is 0 Å². The Bertz CT molecular complexity index is 143. The van der Waals surface area contributed by atoms with Crippen LogP contribution in [-0.4, -0.2) is 6.21 Å². The van der Waals surface area contributed by atoms with E-state index in [0.29, 0.717) is 0 Å². The molecule has 0 aliphatic rings. The Labute approximate surface area is 55.1 Å². The fourth-order valence-electron chi connectivity index (χ4n) is 0.289. The third kappa shape index (κ3) is 6.69. The number of allylic oxidation sites excluding steroid dienone is 3. The Balaban J connectivity index is 3.46. The highest BCUT2D eigenvalue weighted by Crippen LogP contribution is 1.71. The van der Waals surface area contributed by atoms with Gasteiger partial charge in [0.1, 0.15) is 0 Å². The Morgan fingerprint density at radius 2 is 2.00 bits per heavy atom. The molecule has 0 heterocycles. The molecular formula is C7H10N2. The smallest absolute Gasteiger partial charge is 0.0267 e. The minimum absolute atomic E-state index is 1.46. The summed E-state index contributed by atoms with van der Waals surface area (Å²) in [6.07, 6.45) is 9.83. The monoisotopic (exact) mass is 122 g/mol. The minimum Gasteiger partial charge on any atom is -0.405 e. The fraction of sp³-hybridized carbons (Fsp3) is 0. The molecule has 0 unspecified atom stereocenters. The zero-order valence-corrected chi connectivity index (χ0v) is 5.20. The molecule has 0 fully saturated rings. The predicted molar refractivity (Wildman–Crippen MR) is 41.2 cm³/mol. The van der Waals surface area contributed by atoms with Crippen LogP contribution in [0.1, 0.15) is 0 Å². The van der Waals surface area contributed by atoms with Crippen molar-refractivity contribution < 1.29 is 0 Å². The average molecular weight is 122 g/mol. The first kappa shape index (κ1) is 7.69. The van der Waals surface area contributed by atoms with Gasteiger partial charge in [-0.05, 0) is 18.4 Å². The number of nitrogens with zero attached hydrogens (tertiary/aromatic N) is 1. The van der Waals surface area contributed by atoms with Gasteiger partial charge in [0.05, 0.1) is 0 Å². The average Bonchev–Trinajstić information content (AvgIpc) is 1.89. The molecule has 0 aromatic carbocycles. The molecule has 2 heteroatoms. The second-order valence-electron chi connectivity index (χ2n) is 1.25. The van der Waals surface area contributed by atoms with Gasteiger partial charge < -0.3 is 5.73 Å². The van der Waals surface area contributed by atoms with E-state index >= 15 is 0 Å². The van der Waals surface area contributed by atoms with Crippen LogP contribution in [-0.2, 0) is 0 Å². The van der Waals surface area contributed by atoms with E-state index in [1.165, 1.54) is 12.4 Å². The summed E-state index contributed by atoms with van der Waals surface area (Å²) in [5.74, 6) is 0. The van der Waals surface area contributed by atoms with Crippen LogP contribution in [0.4, 0.5) is 0 Å². The molecule has 2 N–H and O–H groups in total. The zero-order chi connectivity index (χ0) is 6.95. The van der Waals surface area contributed by atoms with Crippen molar-refractivity contribution in [2.75, 3.05) is 0 Å². The van der Waals surface area contributed by atoms with E-state index in [1.54, 1.807) is 24.4 Å². The summed E-state index contributed by atoms with van der Waals surface area (Å²) < 4.78 is 0. The van der Waals surface area contributed by atoms with Gasteiger partial charge in [-0.3, -0.25) is 4.99 Å². The SMILES string of the molecule is C=CN=C/C=C\C=C\N. The van der Waals surface area contributed by atoms with Crippen LogP contribution >= 0.6 is 0 Å².